The van der Waals surface area contributed by atoms with E-state index in [0.717, 1.165) is 11.8 Å². The van der Waals surface area contributed by atoms with Crippen LogP contribution in [0.2, 0.25) is 5.15 Å². The summed E-state index contributed by atoms with van der Waals surface area (Å²) in [4.78, 5) is 0. The summed E-state index contributed by atoms with van der Waals surface area (Å²) in [6, 6.07) is 0. The normalized spacial score (nSPS) is 17.1. The molecule has 1 aliphatic heterocycles. The lowest BCUT2D eigenvalue weighted by Crippen LogP contribution is -2.04. The van der Waals surface area contributed by atoms with Crippen molar-refractivity contribution in [2.75, 3.05) is 0 Å². The number of aromatic nitrogens is 2. The summed E-state index contributed by atoms with van der Waals surface area (Å²) < 4.78 is 4.29. The molecule has 2 heterocycles. The van der Waals surface area contributed by atoms with Crippen LogP contribution in [0.4, 0.5) is 0 Å². The highest BCUT2D eigenvalue weighted by atomic mass is 35.5. The SMILES string of the molecule is CCC(C)c1c(Cl)n2n1C2. The monoisotopic (exact) mass is 158 g/mol. The van der Waals surface area contributed by atoms with Gasteiger partial charge < -0.3 is 0 Å². The molecular weight excluding hydrogens is 148 g/mol. The summed E-state index contributed by atoms with van der Waals surface area (Å²) in [5.41, 5.74) is 1.34. The fourth-order valence-corrected chi connectivity index (χ4v) is 1.75. The fourth-order valence-electron chi connectivity index (χ4n) is 1.32. The molecule has 2 nitrogen and oxygen atoms in total. The van der Waals surface area contributed by atoms with Crippen LogP contribution >= 0.6 is 11.6 Å². The summed E-state index contributed by atoms with van der Waals surface area (Å²) >= 11 is 5.94. The molecule has 0 N–H and O–H groups in total. The van der Waals surface area contributed by atoms with E-state index in [1.165, 1.54) is 12.1 Å². The minimum absolute atomic E-state index is 0.631. The van der Waals surface area contributed by atoms with Crippen molar-refractivity contribution in [3.8, 4) is 0 Å². The average molecular weight is 159 g/mol. The van der Waals surface area contributed by atoms with Crippen LogP contribution < -0.4 is 0 Å². The molecule has 1 unspecified atom stereocenters. The molecule has 0 fully saturated rings. The number of halogens is 1. The van der Waals surface area contributed by atoms with Gasteiger partial charge in [-0.25, -0.2) is 4.68 Å². The average Bonchev–Trinajstić information content (AvgIpc) is 2.63. The van der Waals surface area contributed by atoms with Crippen LogP contribution in [0, 0.1) is 0 Å². The second-order valence-corrected chi connectivity index (χ2v) is 3.28. The maximum absolute atomic E-state index is 5.94. The molecule has 1 aromatic heterocycles. The molecule has 1 atom stereocenters. The number of rotatable bonds is 2. The molecule has 1 aliphatic rings. The smallest absolute Gasteiger partial charge is 0.147 e. The van der Waals surface area contributed by atoms with Crippen LogP contribution in [0.25, 0.3) is 0 Å². The van der Waals surface area contributed by atoms with Crippen LogP contribution in [0.15, 0.2) is 0 Å². The first kappa shape index (κ1) is 6.35. The zero-order chi connectivity index (χ0) is 7.30. The van der Waals surface area contributed by atoms with E-state index in [0.29, 0.717) is 5.92 Å². The Morgan fingerprint density at radius 2 is 2.30 bits per heavy atom. The van der Waals surface area contributed by atoms with E-state index in [2.05, 4.69) is 23.2 Å². The highest BCUT2D eigenvalue weighted by molar-refractivity contribution is 6.30. The van der Waals surface area contributed by atoms with Crippen molar-refractivity contribution < 1.29 is 0 Å². The van der Waals surface area contributed by atoms with Crippen molar-refractivity contribution in [1.82, 2.24) is 9.36 Å². The molecule has 3 heteroatoms. The molecular formula is C7H11ClN2. The third-order valence-electron chi connectivity index (χ3n) is 2.27. The molecule has 0 spiro atoms. The molecule has 2 rings (SSSR count). The Morgan fingerprint density at radius 1 is 1.60 bits per heavy atom. The molecule has 0 saturated heterocycles. The molecule has 1 aromatic rings. The van der Waals surface area contributed by atoms with E-state index in [9.17, 15) is 0 Å². The zero-order valence-corrected chi connectivity index (χ0v) is 7.02. The molecule has 0 amide bonds. The lowest BCUT2D eigenvalue weighted by molar-refractivity contribution is 0.658. The molecule has 0 aliphatic carbocycles. The summed E-state index contributed by atoms with van der Waals surface area (Å²) in [6.07, 6.45) is 1.18. The van der Waals surface area contributed by atoms with Crippen molar-refractivity contribution in [3.05, 3.63) is 10.8 Å². The first-order valence-electron chi connectivity index (χ1n) is 3.70. The maximum Gasteiger partial charge on any atom is 0.147 e. The van der Waals surface area contributed by atoms with Gasteiger partial charge in [-0.2, -0.15) is 0 Å². The van der Waals surface area contributed by atoms with Gasteiger partial charge in [-0.05, 0) is 6.42 Å². The Balaban J connectivity index is 2.23. The topological polar surface area (TPSA) is 9.86 Å². The van der Waals surface area contributed by atoms with Gasteiger partial charge in [0.25, 0.3) is 0 Å². The van der Waals surface area contributed by atoms with Crippen molar-refractivity contribution >= 4 is 11.6 Å². The van der Waals surface area contributed by atoms with Gasteiger partial charge in [-0.3, -0.25) is 4.68 Å². The Bertz CT molecular complexity index is 259. The van der Waals surface area contributed by atoms with Crippen LogP contribution in [-0.2, 0) is 6.67 Å². The standard InChI is InChI=1S/C7H11ClN2/c1-3-5(2)6-7(8)10-4-9(6)10/h5H,3-4H2,1-2H3. The first-order chi connectivity index (χ1) is 4.75. The molecule has 0 bridgehead atoms. The van der Waals surface area contributed by atoms with Crippen LogP contribution in [0.3, 0.4) is 0 Å². The molecule has 10 heavy (non-hydrogen) atoms. The Morgan fingerprint density at radius 3 is 2.70 bits per heavy atom. The third-order valence-corrected chi connectivity index (χ3v) is 2.66. The lowest BCUT2D eigenvalue weighted by atomic mass is 10.1. The van der Waals surface area contributed by atoms with E-state index in [1.54, 1.807) is 0 Å². The van der Waals surface area contributed by atoms with Gasteiger partial charge in [0.05, 0.1) is 5.69 Å². The Kier molecular flexibility index (Phi) is 1.15. The van der Waals surface area contributed by atoms with Gasteiger partial charge in [0.1, 0.15) is 11.8 Å². The minimum Gasteiger partial charge on any atom is -0.262 e. The van der Waals surface area contributed by atoms with E-state index in [1.807, 2.05) is 0 Å². The van der Waals surface area contributed by atoms with Gasteiger partial charge in [0, 0.05) is 5.92 Å². The maximum atomic E-state index is 5.94. The Hall–Kier alpha value is -0.370. The molecule has 0 aromatic carbocycles. The van der Waals surface area contributed by atoms with Gasteiger partial charge in [0.15, 0.2) is 0 Å². The van der Waals surface area contributed by atoms with Crippen molar-refractivity contribution in [1.29, 1.82) is 0 Å². The number of nitrogens with zero attached hydrogens (tertiary/aromatic N) is 2. The highest BCUT2D eigenvalue weighted by Crippen LogP contribution is 2.36. The van der Waals surface area contributed by atoms with Gasteiger partial charge >= 0.3 is 0 Å². The highest BCUT2D eigenvalue weighted by Gasteiger charge is 2.32. The number of hydrogen-bond donors (Lipinski definition) is 0. The summed E-state index contributed by atoms with van der Waals surface area (Å²) in [5, 5.41) is 0.967. The van der Waals surface area contributed by atoms with E-state index in [-0.39, 0.29) is 0 Å². The predicted molar refractivity (Wildman–Crippen MR) is 41.5 cm³/mol. The van der Waals surface area contributed by atoms with Crippen molar-refractivity contribution in [2.45, 2.75) is 32.9 Å². The zero-order valence-electron chi connectivity index (χ0n) is 6.26. The van der Waals surface area contributed by atoms with Crippen molar-refractivity contribution in [3.63, 3.8) is 0 Å². The number of fused-ring (bicyclic) bond motifs is 1. The largest absolute Gasteiger partial charge is 0.262 e. The number of hydrogen-bond acceptors (Lipinski definition) is 0. The first-order valence-corrected chi connectivity index (χ1v) is 4.08. The minimum atomic E-state index is 0.631. The van der Waals surface area contributed by atoms with Gasteiger partial charge in [-0.15, -0.1) is 0 Å². The Labute approximate surface area is 65.4 Å². The van der Waals surface area contributed by atoms with Crippen LogP contribution in [0.1, 0.15) is 31.9 Å². The van der Waals surface area contributed by atoms with Gasteiger partial charge in [-0.1, -0.05) is 25.4 Å². The molecule has 0 radical (unpaired) electrons. The summed E-state index contributed by atoms with van der Waals surface area (Å²) in [7, 11) is 0. The molecule has 56 valence electrons. The van der Waals surface area contributed by atoms with E-state index >= 15 is 0 Å². The van der Waals surface area contributed by atoms with E-state index in [4.69, 9.17) is 11.6 Å². The second-order valence-electron chi connectivity index (χ2n) is 2.93. The fraction of sp³-hybridized carbons (Fsp3) is 0.714. The quantitative estimate of drug-likeness (QED) is 0.635. The predicted octanol–water partition coefficient (Wildman–Crippen LogP) is 2.28. The van der Waals surface area contributed by atoms with Crippen LogP contribution in [-0.4, -0.2) is 9.36 Å². The molecule has 0 saturated carbocycles. The summed E-state index contributed by atoms with van der Waals surface area (Å²) in [6.45, 7) is 5.43. The van der Waals surface area contributed by atoms with Gasteiger partial charge in [0.2, 0.25) is 0 Å². The third kappa shape index (κ3) is 0.601. The van der Waals surface area contributed by atoms with Crippen LogP contribution in [0.5, 0.6) is 0 Å². The second kappa shape index (κ2) is 1.82. The lowest BCUT2D eigenvalue weighted by Gasteiger charge is -2.12. The van der Waals surface area contributed by atoms with E-state index < -0.39 is 0 Å². The summed E-state index contributed by atoms with van der Waals surface area (Å²) in [5.74, 6) is 0.631. The van der Waals surface area contributed by atoms with Crippen molar-refractivity contribution in [2.24, 2.45) is 0 Å².